The molecule has 0 aliphatic carbocycles. The van der Waals surface area contributed by atoms with E-state index in [9.17, 15) is 0 Å². The minimum Gasteiger partial charge on any atom is -0.370 e. The molecule has 0 spiro atoms. The van der Waals surface area contributed by atoms with Crippen molar-refractivity contribution in [2.75, 3.05) is 12.4 Å². The molecule has 20 heavy (non-hydrogen) atoms. The molecule has 0 saturated carbocycles. The molecule has 0 radical (unpaired) electrons. The normalized spacial score (nSPS) is 22.8. The Bertz CT molecular complexity index is 487. The van der Waals surface area contributed by atoms with Crippen LogP contribution in [-0.4, -0.2) is 34.0 Å². The van der Waals surface area contributed by atoms with Crippen LogP contribution in [0.3, 0.4) is 0 Å². The largest absolute Gasteiger partial charge is 0.370 e. The average molecular weight is 279 g/mol. The van der Waals surface area contributed by atoms with Gasteiger partial charge in [0, 0.05) is 13.2 Å². The van der Waals surface area contributed by atoms with Gasteiger partial charge in [0.2, 0.25) is 0 Å². The summed E-state index contributed by atoms with van der Waals surface area (Å²) < 4.78 is 8.10. The molecule has 1 aromatic heterocycles. The van der Waals surface area contributed by atoms with Gasteiger partial charge in [0.1, 0.15) is 0 Å². The van der Waals surface area contributed by atoms with Crippen molar-refractivity contribution in [3.63, 3.8) is 0 Å². The van der Waals surface area contributed by atoms with Gasteiger partial charge < -0.3 is 15.8 Å². The van der Waals surface area contributed by atoms with E-state index >= 15 is 0 Å². The van der Waals surface area contributed by atoms with Gasteiger partial charge >= 0.3 is 0 Å². The first-order valence-electron chi connectivity index (χ1n) is 6.94. The lowest BCUT2D eigenvalue weighted by Crippen LogP contribution is -2.45. The Labute approximate surface area is 120 Å². The van der Waals surface area contributed by atoms with Gasteiger partial charge in [-0.25, -0.2) is 0 Å². The Morgan fingerprint density at radius 1 is 1.40 bits per heavy atom. The van der Waals surface area contributed by atoms with Crippen molar-refractivity contribution < 1.29 is 4.74 Å². The quantitative estimate of drug-likeness (QED) is 0.642. The number of nitrogens with one attached hydrogen (secondary N) is 1. The van der Waals surface area contributed by atoms with E-state index in [0.29, 0.717) is 12.0 Å². The zero-order valence-electron chi connectivity index (χ0n) is 13.0. The second-order valence-electron chi connectivity index (χ2n) is 6.63. The fourth-order valence-electron chi connectivity index (χ4n) is 3.03. The number of nitrogens with two attached hydrogens (primary N) is 1. The van der Waals surface area contributed by atoms with Gasteiger partial charge in [0.25, 0.3) is 0 Å². The van der Waals surface area contributed by atoms with Crippen LogP contribution in [0.25, 0.3) is 0 Å². The molecule has 0 unspecified atom stereocenters. The first-order valence-corrected chi connectivity index (χ1v) is 6.94. The maximum atomic E-state index is 6.11. The van der Waals surface area contributed by atoms with E-state index in [1.165, 1.54) is 0 Å². The predicted molar refractivity (Wildman–Crippen MR) is 80.9 cm³/mol. The van der Waals surface area contributed by atoms with Crippen LogP contribution >= 0.6 is 0 Å². The lowest BCUT2D eigenvalue weighted by atomic mass is 9.85. The number of anilines is 1. The molecule has 1 aliphatic rings. The molecule has 0 atom stereocenters. The van der Waals surface area contributed by atoms with Crippen LogP contribution in [0.4, 0.5) is 5.69 Å². The lowest BCUT2D eigenvalue weighted by molar-refractivity contribution is -0.170. The third-order valence-electron chi connectivity index (χ3n) is 3.50. The fraction of sp³-hybridized carbons (Fsp3) is 0.714. The molecule has 0 amide bonds. The molecule has 1 fully saturated rings. The standard InChI is InChI=1S/C14H25N5O/c1-13(2)6-11(7-14(3,4)20-13)19-9-10(8-17-19)18-12(15)16-5/h8-9,11H,6-7H2,1-5H3,(H3,15,16,18). The van der Waals surface area contributed by atoms with Gasteiger partial charge in [0.15, 0.2) is 5.96 Å². The minimum atomic E-state index is -0.143. The third-order valence-corrected chi connectivity index (χ3v) is 3.50. The number of aliphatic imine (C=N–C) groups is 1. The van der Waals surface area contributed by atoms with E-state index in [4.69, 9.17) is 10.5 Å². The Balaban J connectivity index is 2.15. The van der Waals surface area contributed by atoms with Crippen LogP contribution in [0.15, 0.2) is 17.4 Å². The summed E-state index contributed by atoms with van der Waals surface area (Å²) in [7, 11) is 1.65. The lowest BCUT2D eigenvalue weighted by Gasteiger charge is -2.45. The molecule has 112 valence electrons. The Kier molecular flexibility index (Phi) is 3.77. The number of rotatable bonds is 2. The highest BCUT2D eigenvalue weighted by Crippen LogP contribution is 2.40. The molecular weight excluding hydrogens is 254 g/mol. The smallest absolute Gasteiger partial charge is 0.192 e. The van der Waals surface area contributed by atoms with E-state index in [-0.39, 0.29) is 11.2 Å². The van der Waals surface area contributed by atoms with Crippen LogP contribution < -0.4 is 11.1 Å². The molecule has 1 aromatic rings. The molecular formula is C14H25N5O. The third kappa shape index (κ3) is 3.50. The zero-order chi connectivity index (χ0) is 15.0. The molecule has 2 heterocycles. The number of hydrogen-bond donors (Lipinski definition) is 2. The van der Waals surface area contributed by atoms with Crippen LogP contribution in [0.5, 0.6) is 0 Å². The van der Waals surface area contributed by atoms with Crippen LogP contribution in [-0.2, 0) is 4.74 Å². The van der Waals surface area contributed by atoms with Crippen molar-refractivity contribution in [1.82, 2.24) is 9.78 Å². The molecule has 1 aliphatic heterocycles. The van der Waals surface area contributed by atoms with Gasteiger partial charge in [0.05, 0.1) is 29.1 Å². The van der Waals surface area contributed by atoms with Crippen molar-refractivity contribution in [3.8, 4) is 0 Å². The SMILES string of the molecule is CN=C(N)Nc1cnn(C2CC(C)(C)OC(C)(C)C2)c1. The second-order valence-corrected chi connectivity index (χ2v) is 6.63. The molecule has 0 bridgehead atoms. The Morgan fingerprint density at radius 2 is 2.00 bits per heavy atom. The number of aromatic nitrogens is 2. The highest BCUT2D eigenvalue weighted by Gasteiger charge is 2.40. The van der Waals surface area contributed by atoms with Crippen molar-refractivity contribution in [3.05, 3.63) is 12.4 Å². The number of ether oxygens (including phenoxy) is 1. The minimum absolute atomic E-state index is 0.143. The fourth-order valence-corrected chi connectivity index (χ4v) is 3.03. The van der Waals surface area contributed by atoms with E-state index in [1.54, 1.807) is 13.2 Å². The summed E-state index contributed by atoms with van der Waals surface area (Å²) in [5.41, 5.74) is 6.23. The highest BCUT2D eigenvalue weighted by molar-refractivity contribution is 5.91. The summed E-state index contributed by atoms with van der Waals surface area (Å²) in [5, 5.41) is 7.45. The first kappa shape index (κ1) is 14.8. The molecule has 6 heteroatoms. The summed E-state index contributed by atoms with van der Waals surface area (Å²) in [6.07, 6.45) is 5.62. The Hall–Kier alpha value is -1.56. The number of hydrogen-bond acceptors (Lipinski definition) is 3. The van der Waals surface area contributed by atoms with Crippen LogP contribution in [0, 0.1) is 0 Å². The van der Waals surface area contributed by atoms with E-state index in [0.717, 1.165) is 18.5 Å². The first-order chi connectivity index (χ1) is 9.21. The van der Waals surface area contributed by atoms with E-state index in [2.05, 4.69) is 43.1 Å². The average Bonchev–Trinajstić information content (AvgIpc) is 2.73. The van der Waals surface area contributed by atoms with E-state index in [1.807, 2.05) is 10.9 Å². The summed E-state index contributed by atoms with van der Waals surface area (Å²) in [6.45, 7) is 8.52. The molecule has 3 N–H and O–H groups in total. The summed E-state index contributed by atoms with van der Waals surface area (Å²) >= 11 is 0. The van der Waals surface area contributed by atoms with Crippen LogP contribution in [0.2, 0.25) is 0 Å². The molecule has 1 saturated heterocycles. The van der Waals surface area contributed by atoms with Gasteiger partial charge in [-0.3, -0.25) is 9.67 Å². The molecule has 6 nitrogen and oxygen atoms in total. The van der Waals surface area contributed by atoms with Crippen molar-refractivity contribution >= 4 is 11.6 Å². The predicted octanol–water partition coefficient (Wildman–Crippen LogP) is 2.15. The monoisotopic (exact) mass is 279 g/mol. The van der Waals surface area contributed by atoms with Crippen molar-refractivity contribution in [2.24, 2.45) is 10.7 Å². The maximum absolute atomic E-state index is 6.11. The number of nitrogens with zero attached hydrogens (tertiary/aromatic N) is 3. The van der Waals surface area contributed by atoms with Crippen molar-refractivity contribution in [2.45, 2.75) is 57.8 Å². The summed E-state index contributed by atoms with van der Waals surface area (Å²) in [4.78, 5) is 3.88. The zero-order valence-corrected chi connectivity index (χ0v) is 13.0. The van der Waals surface area contributed by atoms with Gasteiger partial charge in [-0.15, -0.1) is 0 Å². The van der Waals surface area contributed by atoms with Gasteiger partial charge in [-0.1, -0.05) is 0 Å². The van der Waals surface area contributed by atoms with Gasteiger partial charge in [-0.2, -0.15) is 5.10 Å². The topological polar surface area (TPSA) is 77.5 Å². The maximum Gasteiger partial charge on any atom is 0.192 e. The van der Waals surface area contributed by atoms with Gasteiger partial charge in [-0.05, 0) is 40.5 Å². The van der Waals surface area contributed by atoms with Crippen molar-refractivity contribution in [1.29, 1.82) is 0 Å². The second kappa shape index (κ2) is 5.09. The summed E-state index contributed by atoms with van der Waals surface area (Å²) in [6, 6.07) is 0.323. The molecule has 0 aromatic carbocycles. The molecule has 2 rings (SSSR count). The van der Waals surface area contributed by atoms with E-state index < -0.39 is 0 Å². The highest BCUT2D eigenvalue weighted by atomic mass is 16.5. The Morgan fingerprint density at radius 3 is 2.55 bits per heavy atom. The summed E-state index contributed by atoms with van der Waals surface area (Å²) in [5.74, 6) is 0.386. The number of guanidine groups is 1. The van der Waals surface area contributed by atoms with Crippen LogP contribution in [0.1, 0.15) is 46.6 Å².